The summed E-state index contributed by atoms with van der Waals surface area (Å²) >= 11 is 0. The summed E-state index contributed by atoms with van der Waals surface area (Å²) < 4.78 is 0. The molecule has 4 aliphatic rings. The summed E-state index contributed by atoms with van der Waals surface area (Å²) in [4.78, 5) is 19.8. The third kappa shape index (κ3) is 5.20. The number of carbonyl (C=O) groups excluding carboxylic acids is 1. The summed E-state index contributed by atoms with van der Waals surface area (Å²) in [6.45, 7) is 0. The zero-order valence-corrected chi connectivity index (χ0v) is 19.2. The van der Waals surface area contributed by atoms with Gasteiger partial charge in [-0.05, 0) is 56.8 Å². The van der Waals surface area contributed by atoms with Crippen molar-refractivity contribution in [2.75, 3.05) is 7.05 Å². The molecule has 0 radical (unpaired) electrons. The zero-order chi connectivity index (χ0) is 21.0. The smallest absolute Gasteiger partial charge is 0.257 e. The van der Waals surface area contributed by atoms with Crippen LogP contribution in [0.2, 0.25) is 0 Å². The van der Waals surface area contributed by atoms with Crippen molar-refractivity contribution < 1.29 is 4.79 Å². The van der Waals surface area contributed by atoms with Crippen LogP contribution in [0.1, 0.15) is 109 Å². The van der Waals surface area contributed by atoms with Crippen LogP contribution in [0.3, 0.4) is 0 Å². The van der Waals surface area contributed by atoms with E-state index in [0.29, 0.717) is 17.9 Å². The Hall–Kier alpha value is -1.10. The van der Waals surface area contributed by atoms with Gasteiger partial charge >= 0.3 is 0 Å². The Morgan fingerprint density at radius 2 is 1.57 bits per heavy atom. The van der Waals surface area contributed by atoms with Gasteiger partial charge in [0, 0.05) is 19.1 Å². The van der Waals surface area contributed by atoms with E-state index in [0.717, 1.165) is 31.2 Å². The lowest BCUT2D eigenvalue weighted by Crippen LogP contribution is -2.46. The van der Waals surface area contributed by atoms with Crippen molar-refractivity contribution in [3.05, 3.63) is 0 Å². The predicted octanol–water partition coefficient (Wildman–Crippen LogP) is 4.74. The summed E-state index contributed by atoms with van der Waals surface area (Å²) in [5, 5.41) is 3.98. The van der Waals surface area contributed by atoms with Gasteiger partial charge in [-0.3, -0.25) is 9.69 Å². The molecule has 30 heavy (non-hydrogen) atoms. The SMILES string of the molecule is CN1C(=O)[C@@](CCC2CCCCC2)(C[C@H]2CCC[C@H](NC3CCCCC3)C2)N=C1N. The Balaban J connectivity index is 1.38. The molecule has 1 aliphatic heterocycles. The molecule has 0 aromatic carbocycles. The number of amides is 1. The fourth-order valence-corrected chi connectivity index (χ4v) is 6.78. The van der Waals surface area contributed by atoms with Gasteiger partial charge in [-0.15, -0.1) is 0 Å². The Labute approximate surface area is 183 Å². The second kappa shape index (κ2) is 10.0. The number of hydrogen-bond donors (Lipinski definition) is 2. The van der Waals surface area contributed by atoms with E-state index in [9.17, 15) is 4.79 Å². The number of carbonyl (C=O) groups is 1. The molecule has 3 aliphatic carbocycles. The van der Waals surface area contributed by atoms with Crippen LogP contribution in [0.4, 0.5) is 0 Å². The second-order valence-corrected chi connectivity index (χ2v) is 10.8. The predicted molar refractivity (Wildman–Crippen MR) is 123 cm³/mol. The number of nitrogens with zero attached hydrogens (tertiary/aromatic N) is 2. The van der Waals surface area contributed by atoms with Gasteiger partial charge in [0.1, 0.15) is 5.54 Å². The Morgan fingerprint density at radius 1 is 0.933 bits per heavy atom. The molecule has 3 atom stereocenters. The normalized spacial score (nSPS) is 34.4. The molecule has 3 fully saturated rings. The molecule has 0 unspecified atom stereocenters. The van der Waals surface area contributed by atoms with E-state index in [1.165, 1.54) is 89.9 Å². The maximum atomic E-state index is 13.3. The first-order chi connectivity index (χ1) is 14.6. The number of likely N-dealkylation sites (N-methyl/N-ethyl adjacent to an activating group) is 1. The molecule has 0 spiro atoms. The minimum atomic E-state index is -0.590. The highest BCUT2D eigenvalue weighted by atomic mass is 16.2. The van der Waals surface area contributed by atoms with E-state index >= 15 is 0 Å². The summed E-state index contributed by atoms with van der Waals surface area (Å²) in [7, 11) is 1.80. The highest BCUT2D eigenvalue weighted by Crippen LogP contribution is 2.40. The number of guanidine groups is 1. The maximum absolute atomic E-state index is 13.3. The van der Waals surface area contributed by atoms with Crippen molar-refractivity contribution in [1.82, 2.24) is 10.2 Å². The van der Waals surface area contributed by atoms with E-state index in [1.807, 2.05) is 0 Å². The molecule has 0 aromatic heterocycles. The Morgan fingerprint density at radius 3 is 2.23 bits per heavy atom. The van der Waals surface area contributed by atoms with E-state index < -0.39 is 5.54 Å². The van der Waals surface area contributed by atoms with Gasteiger partial charge in [-0.1, -0.05) is 64.2 Å². The van der Waals surface area contributed by atoms with Crippen LogP contribution < -0.4 is 11.1 Å². The maximum Gasteiger partial charge on any atom is 0.257 e. The van der Waals surface area contributed by atoms with Crippen molar-refractivity contribution in [2.45, 2.75) is 127 Å². The van der Waals surface area contributed by atoms with Crippen LogP contribution in [0.15, 0.2) is 4.99 Å². The molecule has 1 heterocycles. The first-order valence-electron chi connectivity index (χ1n) is 13.0. The standard InChI is InChI=1S/C25H44N4O/c1-29-23(30)25(28-24(29)26,16-15-19-9-4-2-5-10-19)18-20-11-8-14-22(17-20)27-21-12-6-3-7-13-21/h19-22,27H,2-18H2,1H3,(H2,26,28)/t20-,22-,25+/m0/s1. The fraction of sp³-hybridized carbons (Fsp3) is 0.920. The van der Waals surface area contributed by atoms with Gasteiger partial charge < -0.3 is 11.1 Å². The van der Waals surface area contributed by atoms with Crippen molar-refractivity contribution in [2.24, 2.45) is 22.6 Å². The van der Waals surface area contributed by atoms with Crippen LogP contribution in [0.5, 0.6) is 0 Å². The average Bonchev–Trinajstić information content (AvgIpc) is 2.98. The second-order valence-electron chi connectivity index (χ2n) is 10.8. The van der Waals surface area contributed by atoms with Crippen molar-refractivity contribution in [1.29, 1.82) is 0 Å². The molecule has 3 saturated carbocycles. The van der Waals surface area contributed by atoms with Crippen molar-refractivity contribution in [3.8, 4) is 0 Å². The van der Waals surface area contributed by atoms with Gasteiger partial charge in [0.25, 0.3) is 5.91 Å². The molecule has 0 aromatic rings. The van der Waals surface area contributed by atoms with Crippen molar-refractivity contribution in [3.63, 3.8) is 0 Å². The topological polar surface area (TPSA) is 70.7 Å². The molecule has 0 saturated heterocycles. The fourth-order valence-electron chi connectivity index (χ4n) is 6.78. The summed E-state index contributed by atoms with van der Waals surface area (Å²) in [6.07, 6.45) is 21.5. The lowest BCUT2D eigenvalue weighted by atomic mass is 9.74. The molecule has 4 rings (SSSR count). The van der Waals surface area contributed by atoms with Crippen LogP contribution in [-0.4, -0.2) is 41.4 Å². The van der Waals surface area contributed by atoms with Crippen LogP contribution in [-0.2, 0) is 4.79 Å². The lowest BCUT2D eigenvalue weighted by Gasteiger charge is -2.37. The highest BCUT2D eigenvalue weighted by molar-refractivity contribution is 6.06. The first-order valence-corrected chi connectivity index (χ1v) is 13.0. The van der Waals surface area contributed by atoms with E-state index in [-0.39, 0.29) is 5.91 Å². The number of nitrogens with two attached hydrogens (primary N) is 1. The zero-order valence-electron chi connectivity index (χ0n) is 19.2. The van der Waals surface area contributed by atoms with Crippen LogP contribution in [0, 0.1) is 11.8 Å². The van der Waals surface area contributed by atoms with Gasteiger partial charge in [0.05, 0.1) is 0 Å². The third-order valence-electron chi connectivity index (χ3n) is 8.55. The minimum Gasteiger partial charge on any atom is -0.369 e. The summed E-state index contributed by atoms with van der Waals surface area (Å²) in [5.41, 5.74) is 5.56. The van der Waals surface area contributed by atoms with Crippen LogP contribution >= 0.6 is 0 Å². The van der Waals surface area contributed by atoms with E-state index in [2.05, 4.69) is 5.32 Å². The molecular formula is C25H44N4O. The first kappa shape index (κ1) is 22.1. The number of rotatable bonds is 7. The van der Waals surface area contributed by atoms with Crippen LogP contribution in [0.25, 0.3) is 0 Å². The average molecular weight is 417 g/mol. The molecule has 170 valence electrons. The summed E-state index contributed by atoms with van der Waals surface area (Å²) in [6, 6.07) is 1.34. The van der Waals surface area contributed by atoms with Gasteiger partial charge in [0.2, 0.25) is 0 Å². The van der Waals surface area contributed by atoms with E-state index in [1.54, 1.807) is 11.9 Å². The molecular weight excluding hydrogens is 372 g/mol. The summed E-state index contributed by atoms with van der Waals surface area (Å²) in [5.74, 6) is 1.94. The third-order valence-corrected chi connectivity index (χ3v) is 8.55. The quantitative estimate of drug-likeness (QED) is 0.629. The minimum absolute atomic E-state index is 0.151. The number of hydrogen-bond acceptors (Lipinski definition) is 4. The monoisotopic (exact) mass is 416 g/mol. The van der Waals surface area contributed by atoms with E-state index in [4.69, 9.17) is 10.7 Å². The lowest BCUT2D eigenvalue weighted by molar-refractivity contribution is -0.131. The molecule has 1 amide bonds. The Kier molecular flexibility index (Phi) is 7.38. The highest BCUT2D eigenvalue weighted by Gasteiger charge is 2.48. The van der Waals surface area contributed by atoms with Crippen molar-refractivity contribution >= 4 is 11.9 Å². The molecule has 0 bridgehead atoms. The largest absolute Gasteiger partial charge is 0.369 e. The van der Waals surface area contributed by atoms with Gasteiger partial charge in [-0.25, -0.2) is 4.99 Å². The van der Waals surface area contributed by atoms with Gasteiger partial charge in [-0.2, -0.15) is 0 Å². The number of nitrogens with one attached hydrogen (secondary N) is 1. The molecule has 3 N–H and O–H groups in total. The molecule has 5 heteroatoms. The van der Waals surface area contributed by atoms with Gasteiger partial charge in [0.15, 0.2) is 5.96 Å². The Bertz CT molecular complexity index is 608. The number of aliphatic imine (C=N–C) groups is 1. The molecule has 5 nitrogen and oxygen atoms in total.